The van der Waals surface area contributed by atoms with Crippen molar-refractivity contribution in [2.45, 2.75) is 26.3 Å². The maximum absolute atomic E-state index is 13.0. The summed E-state index contributed by atoms with van der Waals surface area (Å²) >= 11 is 0. The first kappa shape index (κ1) is 19.3. The third-order valence-electron chi connectivity index (χ3n) is 6.30. The highest BCUT2D eigenvalue weighted by Gasteiger charge is 2.44. The number of aliphatic hydroxyl groups excluding tert-OH is 1. The van der Waals surface area contributed by atoms with E-state index in [-0.39, 0.29) is 18.6 Å². The molecule has 0 radical (unpaired) electrons. The lowest BCUT2D eigenvalue weighted by molar-refractivity contribution is 0.0585. The summed E-state index contributed by atoms with van der Waals surface area (Å²) in [5.74, 6) is 0.704. The molecule has 1 N–H and O–H groups in total. The molecule has 3 heterocycles. The summed E-state index contributed by atoms with van der Waals surface area (Å²) in [6.45, 7) is 10.1. The van der Waals surface area contributed by atoms with Crippen LogP contribution in [-0.2, 0) is 7.05 Å². The maximum Gasteiger partial charge on any atom is 0.274 e. The van der Waals surface area contributed by atoms with Crippen LogP contribution in [-0.4, -0.2) is 94.5 Å². The van der Waals surface area contributed by atoms with Crippen LogP contribution in [0.2, 0.25) is 0 Å². The molecule has 0 aromatic carbocycles. The van der Waals surface area contributed by atoms with Gasteiger partial charge in [0.2, 0.25) is 0 Å². The molecule has 7 nitrogen and oxygen atoms in total. The molecular weight excluding hydrogens is 330 g/mol. The van der Waals surface area contributed by atoms with Gasteiger partial charge in [0.1, 0.15) is 0 Å². The van der Waals surface area contributed by atoms with E-state index in [2.05, 4.69) is 28.9 Å². The summed E-state index contributed by atoms with van der Waals surface area (Å²) in [5, 5.41) is 14.5. The third kappa shape index (κ3) is 3.80. The fourth-order valence-electron chi connectivity index (χ4n) is 4.38. The first-order valence-electron chi connectivity index (χ1n) is 9.78. The molecule has 3 atom stereocenters. The predicted molar refractivity (Wildman–Crippen MR) is 101 cm³/mol. The molecule has 0 spiro atoms. The van der Waals surface area contributed by atoms with Gasteiger partial charge in [0.25, 0.3) is 5.91 Å². The van der Waals surface area contributed by atoms with E-state index in [9.17, 15) is 9.90 Å². The lowest BCUT2D eigenvalue weighted by Gasteiger charge is -2.36. The number of carbonyl (C=O) groups is 1. The van der Waals surface area contributed by atoms with E-state index in [0.717, 1.165) is 44.8 Å². The number of piperazine rings is 1. The van der Waals surface area contributed by atoms with Crippen LogP contribution in [0.15, 0.2) is 6.07 Å². The van der Waals surface area contributed by atoms with Gasteiger partial charge in [0.05, 0.1) is 12.6 Å². The van der Waals surface area contributed by atoms with Gasteiger partial charge in [-0.2, -0.15) is 5.10 Å². The molecule has 2 saturated heterocycles. The van der Waals surface area contributed by atoms with Gasteiger partial charge in [-0.3, -0.25) is 9.48 Å². The van der Waals surface area contributed by atoms with Crippen molar-refractivity contribution < 1.29 is 9.90 Å². The van der Waals surface area contributed by atoms with Crippen molar-refractivity contribution >= 4 is 5.91 Å². The van der Waals surface area contributed by atoms with Crippen LogP contribution >= 0.6 is 0 Å². The van der Waals surface area contributed by atoms with Crippen LogP contribution in [0.4, 0.5) is 0 Å². The fourth-order valence-corrected chi connectivity index (χ4v) is 4.38. The minimum Gasteiger partial charge on any atom is -0.394 e. The molecule has 146 valence electrons. The van der Waals surface area contributed by atoms with Gasteiger partial charge in [-0.1, -0.05) is 13.3 Å². The van der Waals surface area contributed by atoms with Gasteiger partial charge >= 0.3 is 0 Å². The molecular formula is C19H33N5O2. The number of nitrogens with zero attached hydrogens (tertiary/aromatic N) is 5. The molecule has 3 rings (SSSR count). The summed E-state index contributed by atoms with van der Waals surface area (Å²) in [7, 11) is 4.01. The van der Waals surface area contributed by atoms with Crippen molar-refractivity contribution in [2.24, 2.45) is 18.9 Å². The number of rotatable bonds is 5. The third-order valence-corrected chi connectivity index (χ3v) is 6.30. The highest BCUT2D eigenvalue weighted by Crippen LogP contribution is 2.34. The summed E-state index contributed by atoms with van der Waals surface area (Å²) in [6, 6.07) is 1.72. The number of hydrogen-bond donors (Lipinski definition) is 1. The number of carbonyl (C=O) groups excluding carboxylic acids is 1. The predicted octanol–water partition coefficient (Wildman–Crippen LogP) is 0.435. The number of amides is 1. The molecule has 0 bridgehead atoms. The Balaban J connectivity index is 1.74. The van der Waals surface area contributed by atoms with Gasteiger partial charge in [-0.05, 0) is 31.9 Å². The molecule has 0 aliphatic carbocycles. The SMILES string of the molecule is CC[C@@H]1CN(C(=O)c2cc(C)n(C)n2)[C@H](CO)[C@@H]1CN1CCN(C)CC1. The number of aryl methyl sites for hydroxylation is 2. The zero-order valence-electron chi connectivity index (χ0n) is 16.6. The van der Waals surface area contributed by atoms with Crippen molar-refractivity contribution in [1.82, 2.24) is 24.5 Å². The Bertz CT molecular complexity index is 604. The Labute approximate surface area is 156 Å². The van der Waals surface area contributed by atoms with Gasteiger partial charge in [-0.15, -0.1) is 0 Å². The Kier molecular flexibility index (Phi) is 5.99. The highest BCUT2D eigenvalue weighted by atomic mass is 16.3. The van der Waals surface area contributed by atoms with Crippen molar-refractivity contribution in [2.75, 3.05) is 52.9 Å². The van der Waals surface area contributed by atoms with E-state index in [0.29, 0.717) is 24.1 Å². The van der Waals surface area contributed by atoms with Crippen LogP contribution < -0.4 is 0 Å². The summed E-state index contributed by atoms with van der Waals surface area (Å²) in [6.07, 6.45) is 1.03. The van der Waals surface area contributed by atoms with E-state index < -0.39 is 0 Å². The smallest absolute Gasteiger partial charge is 0.274 e. The number of hydrogen-bond acceptors (Lipinski definition) is 5. The fraction of sp³-hybridized carbons (Fsp3) is 0.789. The second-order valence-corrected chi connectivity index (χ2v) is 7.94. The van der Waals surface area contributed by atoms with E-state index >= 15 is 0 Å². The van der Waals surface area contributed by atoms with Crippen molar-refractivity contribution in [3.8, 4) is 0 Å². The monoisotopic (exact) mass is 363 g/mol. The summed E-state index contributed by atoms with van der Waals surface area (Å²) in [5.41, 5.74) is 1.45. The molecule has 2 aliphatic heterocycles. The molecule has 1 amide bonds. The van der Waals surface area contributed by atoms with Crippen LogP contribution in [0.1, 0.15) is 29.5 Å². The molecule has 0 unspecified atom stereocenters. The number of aromatic nitrogens is 2. The lowest BCUT2D eigenvalue weighted by atomic mass is 9.88. The topological polar surface area (TPSA) is 64.8 Å². The summed E-state index contributed by atoms with van der Waals surface area (Å²) < 4.78 is 1.73. The summed E-state index contributed by atoms with van der Waals surface area (Å²) in [4.78, 5) is 19.8. The maximum atomic E-state index is 13.0. The minimum absolute atomic E-state index is 0.0203. The van der Waals surface area contributed by atoms with E-state index in [4.69, 9.17) is 0 Å². The van der Waals surface area contributed by atoms with Crippen LogP contribution in [0, 0.1) is 18.8 Å². The first-order chi connectivity index (χ1) is 12.4. The Hall–Kier alpha value is -1.44. The van der Waals surface area contributed by atoms with Crippen LogP contribution in [0.25, 0.3) is 0 Å². The number of likely N-dealkylation sites (N-methyl/N-ethyl adjacent to an activating group) is 1. The van der Waals surface area contributed by atoms with Gasteiger partial charge < -0.3 is 19.8 Å². The normalized spacial score (nSPS) is 28.0. The minimum atomic E-state index is -0.116. The van der Waals surface area contributed by atoms with Crippen LogP contribution in [0.3, 0.4) is 0 Å². The molecule has 0 saturated carbocycles. The average Bonchev–Trinajstić information content (AvgIpc) is 3.16. The average molecular weight is 364 g/mol. The van der Waals surface area contributed by atoms with Crippen LogP contribution in [0.5, 0.6) is 0 Å². The molecule has 7 heteroatoms. The standard InChI is InChI=1S/C19H33N5O2/c1-5-15-11-24(19(26)17-10-14(2)22(4)20-17)18(13-25)16(15)12-23-8-6-21(3)7-9-23/h10,15-16,18,25H,5-9,11-13H2,1-4H3/t15-,16-,18-/m1/s1. The molecule has 1 aromatic heterocycles. The van der Waals surface area contributed by atoms with Crippen molar-refractivity contribution in [3.63, 3.8) is 0 Å². The second kappa shape index (κ2) is 8.06. The number of likely N-dealkylation sites (tertiary alicyclic amines) is 1. The number of aliphatic hydroxyl groups is 1. The highest BCUT2D eigenvalue weighted by molar-refractivity contribution is 5.93. The van der Waals surface area contributed by atoms with Gasteiger partial charge in [-0.25, -0.2) is 0 Å². The van der Waals surface area contributed by atoms with Gasteiger partial charge in [0.15, 0.2) is 5.69 Å². The Morgan fingerprint density at radius 1 is 1.27 bits per heavy atom. The Morgan fingerprint density at radius 3 is 2.50 bits per heavy atom. The van der Waals surface area contributed by atoms with E-state index in [1.807, 2.05) is 24.9 Å². The second-order valence-electron chi connectivity index (χ2n) is 7.94. The van der Waals surface area contributed by atoms with Crippen molar-refractivity contribution in [1.29, 1.82) is 0 Å². The first-order valence-corrected chi connectivity index (χ1v) is 9.78. The zero-order valence-corrected chi connectivity index (χ0v) is 16.6. The Morgan fingerprint density at radius 2 is 1.96 bits per heavy atom. The molecule has 2 fully saturated rings. The molecule has 1 aromatic rings. The van der Waals surface area contributed by atoms with E-state index in [1.54, 1.807) is 4.68 Å². The zero-order chi connectivity index (χ0) is 18.8. The lowest BCUT2D eigenvalue weighted by Crippen LogP contribution is -2.49. The largest absolute Gasteiger partial charge is 0.394 e. The van der Waals surface area contributed by atoms with Gasteiger partial charge in [0, 0.05) is 52.0 Å². The van der Waals surface area contributed by atoms with Crippen molar-refractivity contribution in [3.05, 3.63) is 17.5 Å². The quantitative estimate of drug-likeness (QED) is 0.822. The molecule has 26 heavy (non-hydrogen) atoms. The molecule has 2 aliphatic rings. The van der Waals surface area contributed by atoms with E-state index in [1.165, 1.54) is 0 Å².